The van der Waals surface area contributed by atoms with Crippen molar-refractivity contribution in [2.45, 2.75) is 38.5 Å². The predicted octanol–water partition coefficient (Wildman–Crippen LogP) is 2.84. The zero-order valence-electron chi connectivity index (χ0n) is 7.05. The molecule has 2 aliphatic carbocycles. The molecule has 2 saturated carbocycles. The first-order valence-corrected chi connectivity index (χ1v) is 4.88. The summed E-state index contributed by atoms with van der Waals surface area (Å²) in [7, 11) is 0. The van der Waals surface area contributed by atoms with Crippen LogP contribution in [-0.4, -0.2) is 0 Å². The van der Waals surface area contributed by atoms with E-state index >= 15 is 0 Å². The molecule has 2 rings (SSSR count). The molecule has 0 nitrogen and oxygen atoms in total. The Kier molecular flexibility index (Phi) is 1.90. The summed E-state index contributed by atoms with van der Waals surface area (Å²) in [5.74, 6) is 5.49. The molecule has 0 aromatic carbocycles. The molecule has 0 aliphatic heterocycles. The van der Waals surface area contributed by atoms with Gasteiger partial charge >= 0.3 is 0 Å². The largest absolute Gasteiger partial charge is 0.120 e. The van der Waals surface area contributed by atoms with E-state index in [1.165, 1.54) is 38.5 Å². The highest BCUT2D eigenvalue weighted by molar-refractivity contribution is 5.08. The van der Waals surface area contributed by atoms with Crippen molar-refractivity contribution < 1.29 is 0 Å². The molecule has 2 aliphatic rings. The molecule has 0 spiro atoms. The Hall–Kier alpha value is -0.440. The average Bonchev–Trinajstić information content (AvgIpc) is 2.85. The van der Waals surface area contributed by atoms with E-state index < -0.39 is 0 Å². The Labute approximate surface area is 69.4 Å². The Bertz CT molecular complexity index is 169. The summed E-state index contributed by atoms with van der Waals surface area (Å²) < 4.78 is 0. The smallest absolute Gasteiger partial charge is 0.0234 e. The van der Waals surface area contributed by atoms with Gasteiger partial charge in [-0.05, 0) is 18.3 Å². The van der Waals surface area contributed by atoms with Gasteiger partial charge in [0.1, 0.15) is 0 Å². The molecular weight excluding hydrogens is 132 g/mol. The van der Waals surface area contributed by atoms with Crippen molar-refractivity contribution in [1.29, 1.82) is 0 Å². The molecule has 2 atom stereocenters. The normalized spacial score (nSPS) is 38.1. The molecule has 0 aromatic rings. The van der Waals surface area contributed by atoms with Crippen molar-refractivity contribution >= 4 is 0 Å². The fourth-order valence-corrected chi connectivity index (χ4v) is 2.49. The van der Waals surface area contributed by atoms with Gasteiger partial charge in [-0.3, -0.25) is 0 Å². The van der Waals surface area contributed by atoms with Crippen LogP contribution in [0.3, 0.4) is 0 Å². The second kappa shape index (κ2) is 2.89. The first kappa shape index (κ1) is 7.22. The van der Waals surface area contributed by atoms with Gasteiger partial charge in [-0.25, -0.2) is 0 Å². The van der Waals surface area contributed by atoms with Gasteiger partial charge in [0.05, 0.1) is 0 Å². The lowest BCUT2D eigenvalue weighted by atomic mass is 9.85. The van der Waals surface area contributed by atoms with Crippen LogP contribution in [0, 0.1) is 30.1 Å². The molecule has 60 valence electrons. The van der Waals surface area contributed by atoms with Gasteiger partial charge in [0.2, 0.25) is 0 Å². The molecule has 0 radical (unpaired) electrons. The molecule has 2 fully saturated rings. The maximum Gasteiger partial charge on any atom is 0.0234 e. The van der Waals surface area contributed by atoms with Crippen molar-refractivity contribution in [3.05, 3.63) is 0 Å². The summed E-state index contributed by atoms with van der Waals surface area (Å²) in [6.07, 6.45) is 14.0. The van der Waals surface area contributed by atoms with Crippen LogP contribution in [0.1, 0.15) is 38.5 Å². The summed E-state index contributed by atoms with van der Waals surface area (Å²) in [4.78, 5) is 0. The van der Waals surface area contributed by atoms with Gasteiger partial charge in [0.25, 0.3) is 0 Å². The van der Waals surface area contributed by atoms with E-state index in [-0.39, 0.29) is 0 Å². The number of rotatable bonds is 1. The van der Waals surface area contributed by atoms with E-state index in [4.69, 9.17) is 6.42 Å². The molecule has 0 aromatic heterocycles. The zero-order chi connectivity index (χ0) is 7.68. The molecule has 0 N–H and O–H groups in total. The maximum atomic E-state index is 5.38. The third-order valence-electron chi connectivity index (χ3n) is 3.31. The lowest BCUT2D eigenvalue weighted by Crippen LogP contribution is -2.08. The molecule has 0 amide bonds. The van der Waals surface area contributed by atoms with Crippen LogP contribution >= 0.6 is 0 Å². The lowest BCUT2D eigenvalue weighted by Gasteiger charge is -2.20. The fraction of sp³-hybridized carbons (Fsp3) is 0.818. The highest BCUT2D eigenvalue weighted by Crippen LogP contribution is 2.48. The minimum absolute atomic E-state index is 0.665. The van der Waals surface area contributed by atoms with E-state index in [2.05, 4.69) is 5.92 Å². The summed E-state index contributed by atoms with van der Waals surface area (Å²) in [5, 5.41) is 0. The molecular formula is C11H16. The molecule has 2 unspecified atom stereocenters. The third-order valence-corrected chi connectivity index (χ3v) is 3.31. The van der Waals surface area contributed by atoms with Gasteiger partial charge in [-0.2, -0.15) is 0 Å². The first-order chi connectivity index (χ1) is 5.42. The van der Waals surface area contributed by atoms with Crippen LogP contribution in [0.5, 0.6) is 0 Å². The summed E-state index contributed by atoms with van der Waals surface area (Å²) in [6.45, 7) is 0. The van der Waals surface area contributed by atoms with E-state index in [9.17, 15) is 0 Å². The standard InChI is InChI=1S/C11H16/c1-2-9-8-11(9)10-6-4-3-5-7-10/h1,9-11H,3-8H2. The SMILES string of the molecule is C#CC1CC1C1CCCCC1. The summed E-state index contributed by atoms with van der Waals surface area (Å²) >= 11 is 0. The molecule has 0 saturated heterocycles. The number of hydrogen-bond donors (Lipinski definition) is 0. The fourth-order valence-electron chi connectivity index (χ4n) is 2.49. The van der Waals surface area contributed by atoms with E-state index in [0.717, 1.165) is 11.8 Å². The van der Waals surface area contributed by atoms with Crippen molar-refractivity contribution in [3.63, 3.8) is 0 Å². The van der Waals surface area contributed by atoms with Crippen LogP contribution < -0.4 is 0 Å². The minimum Gasteiger partial charge on any atom is -0.120 e. The van der Waals surface area contributed by atoms with Gasteiger partial charge in [0, 0.05) is 5.92 Å². The van der Waals surface area contributed by atoms with E-state index in [0.29, 0.717) is 5.92 Å². The Balaban J connectivity index is 1.83. The molecule has 11 heavy (non-hydrogen) atoms. The van der Waals surface area contributed by atoms with Gasteiger partial charge < -0.3 is 0 Å². The van der Waals surface area contributed by atoms with Crippen LogP contribution in [0.15, 0.2) is 0 Å². The average molecular weight is 148 g/mol. The van der Waals surface area contributed by atoms with Crippen LogP contribution in [-0.2, 0) is 0 Å². The number of hydrogen-bond acceptors (Lipinski definition) is 0. The van der Waals surface area contributed by atoms with E-state index in [1.807, 2.05) is 0 Å². The van der Waals surface area contributed by atoms with Gasteiger partial charge in [-0.1, -0.05) is 32.1 Å². The van der Waals surface area contributed by atoms with Crippen LogP contribution in [0.2, 0.25) is 0 Å². The highest BCUT2D eigenvalue weighted by Gasteiger charge is 2.41. The quantitative estimate of drug-likeness (QED) is 0.502. The van der Waals surface area contributed by atoms with Crippen molar-refractivity contribution in [1.82, 2.24) is 0 Å². The van der Waals surface area contributed by atoms with Crippen molar-refractivity contribution in [3.8, 4) is 12.3 Å². The number of terminal acetylenes is 1. The van der Waals surface area contributed by atoms with Gasteiger partial charge in [-0.15, -0.1) is 12.3 Å². The first-order valence-electron chi connectivity index (χ1n) is 4.88. The van der Waals surface area contributed by atoms with Crippen molar-refractivity contribution in [2.24, 2.45) is 17.8 Å². The molecule has 0 heterocycles. The van der Waals surface area contributed by atoms with Gasteiger partial charge in [0.15, 0.2) is 0 Å². The minimum atomic E-state index is 0.665. The van der Waals surface area contributed by atoms with Crippen LogP contribution in [0.25, 0.3) is 0 Å². The maximum absolute atomic E-state index is 5.38. The Morgan fingerprint density at radius 2 is 1.82 bits per heavy atom. The third kappa shape index (κ3) is 1.43. The Morgan fingerprint density at radius 1 is 1.09 bits per heavy atom. The second-order valence-electron chi connectivity index (χ2n) is 4.07. The Morgan fingerprint density at radius 3 is 2.36 bits per heavy atom. The monoisotopic (exact) mass is 148 g/mol. The van der Waals surface area contributed by atoms with E-state index in [1.54, 1.807) is 0 Å². The van der Waals surface area contributed by atoms with Crippen LogP contribution in [0.4, 0.5) is 0 Å². The molecule has 0 bridgehead atoms. The lowest BCUT2D eigenvalue weighted by molar-refractivity contribution is 0.316. The summed E-state index contributed by atoms with van der Waals surface area (Å²) in [5.41, 5.74) is 0. The highest BCUT2D eigenvalue weighted by atomic mass is 14.4. The molecule has 0 heteroatoms. The zero-order valence-corrected chi connectivity index (χ0v) is 7.05. The predicted molar refractivity (Wildman–Crippen MR) is 47.0 cm³/mol. The topological polar surface area (TPSA) is 0 Å². The summed E-state index contributed by atoms with van der Waals surface area (Å²) in [6, 6.07) is 0. The second-order valence-corrected chi connectivity index (χ2v) is 4.07. The van der Waals surface area contributed by atoms with Crippen molar-refractivity contribution in [2.75, 3.05) is 0 Å².